The van der Waals surface area contributed by atoms with Crippen LogP contribution in [0.4, 0.5) is 0 Å². The molecular weight excluding hydrogens is 196 g/mol. The van der Waals surface area contributed by atoms with Gasteiger partial charge >= 0.3 is 5.97 Å². The Morgan fingerprint density at radius 1 is 1.57 bits per heavy atom. The van der Waals surface area contributed by atoms with Crippen LogP contribution in [-0.4, -0.2) is 11.1 Å². The normalized spacial score (nSPS) is 9.93. The van der Waals surface area contributed by atoms with Gasteiger partial charge in [-0.1, -0.05) is 11.6 Å². The SMILES string of the molecule is CC(C)=CCc1sc(C(=O)O)cc1C. The maximum absolute atomic E-state index is 10.7. The van der Waals surface area contributed by atoms with Crippen molar-refractivity contribution in [1.82, 2.24) is 0 Å². The van der Waals surface area contributed by atoms with Crippen molar-refractivity contribution < 1.29 is 9.90 Å². The van der Waals surface area contributed by atoms with E-state index in [0.717, 1.165) is 16.9 Å². The van der Waals surface area contributed by atoms with E-state index in [1.54, 1.807) is 6.07 Å². The van der Waals surface area contributed by atoms with Crippen molar-refractivity contribution >= 4 is 17.3 Å². The summed E-state index contributed by atoms with van der Waals surface area (Å²) in [5.41, 5.74) is 2.33. The zero-order valence-electron chi connectivity index (χ0n) is 8.63. The second-order valence-electron chi connectivity index (χ2n) is 3.51. The average Bonchev–Trinajstić information content (AvgIpc) is 2.43. The van der Waals surface area contributed by atoms with Gasteiger partial charge in [0, 0.05) is 11.3 Å². The molecule has 1 heterocycles. The molecule has 0 atom stereocenters. The van der Waals surface area contributed by atoms with Crippen molar-refractivity contribution in [3.8, 4) is 0 Å². The van der Waals surface area contributed by atoms with Crippen LogP contribution in [0, 0.1) is 6.92 Å². The lowest BCUT2D eigenvalue weighted by molar-refractivity contribution is 0.0702. The summed E-state index contributed by atoms with van der Waals surface area (Å²) in [5.74, 6) is -0.832. The van der Waals surface area contributed by atoms with Crippen LogP contribution in [0.3, 0.4) is 0 Å². The molecule has 0 spiro atoms. The highest BCUT2D eigenvalue weighted by atomic mass is 32.1. The van der Waals surface area contributed by atoms with Crippen LogP contribution in [0.15, 0.2) is 17.7 Å². The van der Waals surface area contributed by atoms with Crippen LogP contribution in [0.1, 0.15) is 34.0 Å². The number of aromatic carboxylic acids is 1. The van der Waals surface area contributed by atoms with Crippen molar-refractivity contribution in [1.29, 1.82) is 0 Å². The monoisotopic (exact) mass is 210 g/mol. The van der Waals surface area contributed by atoms with Crippen molar-refractivity contribution in [2.75, 3.05) is 0 Å². The van der Waals surface area contributed by atoms with Crippen molar-refractivity contribution in [3.05, 3.63) is 33.0 Å². The van der Waals surface area contributed by atoms with E-state index in [2.05, 4.69) is 6.08 Å². The minimum Gasteiger partial charge on any atom is -0.477 e. The molecule has 0 saturated carbocycles. The lowest BCUT2D eigenvalue weighted by Gasteiger charge is -1.93. The molecule has 14 heavy (non-hydrogen) atoms. The third kappa shape index (κ3) is 2.70. The van der Waals surface area contributed by atoms with Gasteiger partial charge in [-0.3, -0.25) is 0 Å². The van der Waals surface area contributed by atoms with Gasteiger partial charge in [-0.25, -0.2) is 4.79 Å². The summed E-state index contributed by atoms with van der Waals surface area (Å²) < 4.78 is 0. The Kier molecular flexibility index (Phi) is 3.47. The second kappa shape index (κ2) is 4.42. The fourth-order valence-corrected chi connectivity index (χ4v) is 2.10. The van der Waals surface area contributed by atoms with Crippen molar-refractivity contribution in [3.63, 3.8) is 0 Å². The molecule has 0 fully saturated rings. The molecule has 0 aliphatic heterocycles. The third-order valence-electron chi connectivity index (χ3n) is 1.93. The summed E-state index contributed by atoms with van der Waals surface area (Å²) in [4.78, 5) is 12.3. The minimum atomic E-state index is -0.832. The first-order valence-corrected chi connectivity index (χ1v) is 5.28. The van der Waals surface area contributed by atoms with Gasteiger partial charge in [0.2, 0.25) is 0 Å². The molecule has 1 rings (SSSR count). The molecule has 0 aliphatic carbocycles. The zero-order valence-corrected chi connectivity index (χ0v) is 9.44. The molecule has 0 unspecified atom stereocenters. The second-order valence-corrected chi connectivity index (χ2v) is 4.64. The molecule has 1 aromatic heterocycles. The van der Waals surface area contributed by atoms with E-state index in [-0.39, 0.29) is 0 Å². The summed E-state index contributed by atoms with van der Waals surface area (Å²) in [6, 6.07) is 1.74. The Bertz CT molecular complexity index is 371. The number of thiophene rings is 1. The molecule has 0 radical (unpaired) electrons. The number of allylic oxidation sites excluding steroid dienone is 2. The van der Waals surface area contributed by atoms with Crippen LogP contribution in [-0.2, 0) is 6.42 Å². The van der Waals surface area contributed by atoms with E-state index < -0.39 is 5.97 Å². The van der Waals surface area contributed by atoms with Gasteiger partial charge in [-0.15, -0.1) is 11.3 Å². The van der Waals surface area contributed by atoms with Crippen LogP contribution in [0.25, 0.3) is 0 Å². The van der Waals surface area contributed by atoms with E-state index in [0.29, 0.717) is 4.88 Å². The molecule has 1 N–H and O–H groups in total. The fraction of sp³-hybridized carbons (Fsp3) is 0.364. The Morgan fingerprint density at radius 2 is 2.21 bits per heavy atom. The van der Waals surface area contributed by atoms with Gasteiger partial charge in [0.15, 0.2) is 0 Å². The number of carboxylic acid groups (broad SMARTS) is 1. The van der Waals surface area contributed by atoms with Crippen molar-refractivity contribution in [2.45, 2.75) is 27.2 Å². The van der Waals surface area contributed by atoms with E-state index >= 15 is 0 Å². The standard InChI is InChI=1S/C11H14O2S/c1-7(2)4-5-9-8(3)6-10(14-9)11(12)13/h4,6H,5H2,1-3H3,(H,12,13). The average molecular weight is 210 g/mol. The van der Waals surface area contributed by atoms with Gasteiger partial charge in [0.25, 0.3) is 0 Å². The van der Waals surface area contributed by atoms with Crippen LogP contribution in [0.2, 0.25) is 0 Å². The summed E-state index contributed by atoms with van der Waals surface area (Å²) in [6.07, 6.45) is 2.95. The van der Waals surface area contributed by atoms with Gasteiger partial charge in [0.1, 0.15) is 4.88 Å². The number of carboxylic acids is 1. The first-order valence-electron chi connectivity index (χ1n) is 4.46. The maximum atomic E-state index is 10.7. The van der Waals surface area contributed by atoms with E-state index in [9.17, 15) is 4.79 Å². The molecule has 3 heteroatoms. The molecule has 0 bridgehead atoms. The molecule has 76 valence electrons. The van der Waals surface area contributed by atoms with E-state index in [1.165, 1.54) is 16.9 Å². The van der Waals surface area contributed by atoms with Crippen LogP contribution >= 0.6 is 11.3 Å². The third-order valence-corrected chi connectivity index (χ3v) is 3.17. The minimum absolute atomic E-state index is 0.430. The van der Waals surface area contributed by atoms with Crippen LogP contribution < -0.4 is 0 Å². The summed E-state index contributed by atoms with van der Waals surface area (Å²) in [6.45, 7) is 6.04. The smallest absolute Gasteiger partial charge is 0.345 e. The quantitative estimate of drug-likeness (QED) is 0.777. The van der Waals surface area contributed by atoms with Gasteiger partial charge < -0.3 is 5.11 Å². The largest absolute Gasteiger partial charge is 0.477 e. The Hall–Kier alpha value is -1.09. The number of hydrogen-bond acceptors (Lipinski definition) is 2. The number of aryl methyl sites for hydroxylation is 1. The molecule has 1 aromatic rings. The van der Waals surface area contributed by atoms with Gasteiger partial charge in [-0.05, 0) is 32.4 Å². The highest BCUT2D eigenvalue weighted by Crippen LogP contribution is 2.22. The molecule has 2 nitrogen and oxygen atoms in total. The van der Waals surface area contributed by atoms with Crippen molar-refractivity contribution in [2.24, 2.45) is 0 Å². The highest BCUT2D eigenvalue weighted by molar-refractivity contribution is 7.14. The van der Waals surface area contributed by atoms with E-state index in [4.69, 9.17) is 5.11 Å². The zero-order chi connectivity index (χ0) is 10.7. The Labute approximate surface area is 87.9 Å². The van der Waals surface area contributed by atoms with Gasteiger partial charge in [-0.2, -0.15) is 0 Å². The maximum Gasteiger partial charge on any atom is 0.345 e. The number of rotatable bonds is 3. The topological polar surface area (TPSA) is 37.3 Å². The lowest BCUT2D eigenvalue weighted by atomic mass is 10.2. The Morgan fingerprint density at radius 3 is 2.64 bits per heavy atom. The first-order chi connectivity index (χ1) is 6.50. The molecule has 0 aromatic carbocycles. The predicted molar refractivity (Wildman–Crippen MR) is 59.2 cm³/mol. The van der Waals surface area contributed by atoms with E-state index in [1.807, 2.05) is 20.8 Å². The summed E-state index contributed by atoms with van der Waals surface area (Å²) in [5, 5.41) is 8.80. The van der Waals surface area contributed by atoms with Crippen LogP contribution in [0.5, 0.6) is 0 Å². The highest BCUT2D eigenvalue weighted by Gasteiger charge is 2.09. The molecule has 0 amide bonds. The molecule has 0 saturated heterocycles. The predicted octanol–water partition coefficient (Wildman–Crippen LogP) is 3.26. The lowest BCUT2D eigenvalue weighted by Crippen LogP contribution is -1.89. The number of hydrogen-bond donors (Lipinski definition) is 1. The molecular formula is C11H14O2S. The summed E-state index contributed by atoms with van der Waals surface area (Å²) in [7, 11) is 0. The first kappa shape index (κ1) is 11.0. The van der Waals surface area contributed by atoms with Gasteiger partial charge in [0.05, 0.1) is 0 Å². The molecule has 0 aliphatic rings. The fourth-order valence-electron chi connectivity index (χ4n) is 1.12. The number of carbonyl (C=O) groups is 1. The Balaban J connectivity index is 2.88. The summed E-state index contributed by atoms with van der Waals surface area (Å²) >= 11 is 1.37.